The highest BCUT2D eigenvalue weighted by Gasteiger charge is 2.20. The summed E-state index contributed by atoms with van der Waals surface area (Å²) in [5.41, 5.74) is 10.0. The van der Waals surface area contributed by atoms with E-state index in [0.717, 1.165) is 22.4 Å². The van der Waals surface area contributed by atoms with Gasteiger partial charge in [-0.3, -0.25) is 20.3 Å². The van der Waals surface area contributed by atoms with Crippen molar-refractivity contribution in [3.8, 4) is 0 Å². The van der Waals surface area contributed by atoms with Gasteiger partial charge in [0, 0.05) is 25.2 Å². The number of nitrogens with zero attached hydrogens (tertiary/aromatic N) is 3. The van der Waals surface area contributed by atoms with E-state index in [9.17, 15) is 0 Å². The molecule has 0 heterocycles. The number of amidine groups is 1. The Kier molecular flexibility index (Phi) is 5.47. The van der Waals surface area contributed by atoms with Gasteiger partial charge in [-0.2, -0.15) is 0 Å². The molecule has 0 bridgehead atoms. The second-order valence-corrected chi connectivity index (χ2v) is 5.45. The van der Waals surface area contributed by atoms with Crippen molar-refractivity contribution in [3.05, 3.63) is 65.2 Å². The van der Waals surface area contributed by atoms with Crippen LogP contribution in [0.15, 0.2) is 58.5 Å². The van der Waals surface area contributed by atoms with Gasteiger partial charge < -0.3 is 5.73 Å². The van der Waals surface area contributed by atoms with Gasteiger partial charge in [0.1, 0.15) is 5.84 Å². The van der Waals surface area contributed by atoms with Gasteiger partial charge in [0.25, 0.3) is 0 Å². The van der Waals surface area contributed by atoms with E-state index in [1.165, 1.54) is 0 Å². The van der Waals surface area contributed by atoms with Crippen LogP contribution in [0, 0.1) is 12.3 Å². The topological polar surface area (TPSA) is 77.8 Å². The molecule has 0 aromatic heterocycles. The van der Waals surface area contributed by atoms with E-state index in [1.807, 2.05) is 62.4 Å². The molecule has 0 fully saturated rings. The third-order valence-electron chi connectivity index (χ3n) is 3.83. The minimum absolute atomic E-state index is 0.339. The molecule has 0 aliphatic heterocycles. The van der Waals surface area contributed by atoms with Crippen molar-refractivity contribution in [2.75, 3.05) is 19.0 Å². The van der Waals surface area contributed by atoms with Crippen LogP contribution in [0.5, 0.6) is 0 Å². The second kappa shape index (κ2) is 7.55. The van der Waals surface area contributed by atoms with Crippen LogP contribution in [0.3, 0.4) is 0 Å². The summed E-state index contributed by atoms with van der Waals surface area (Å²) in [6.45, 7) is 3.88. The van der Waals surface area contributed by atoms with Crippen molar-refractivity contribution < 1.29 is 0 Å². The maximum Gasteiger partial charge on any atom is 0.201 e. The molecule has 0 aliphatic rings. The normalized spacial score (nSPS) is 12.2. The van der Waals surface area contributed by atoms with Crippen molar-refractivity contribution in [1.29, 1.82) is 5.41 Å². The molecular formula is C19H23N5. The molecule has 0 atom stereocenters. The molecule has 2 rings (SSSR count). The number of hydrogen-bond donors (Lipinski definition) is 2. The summed E-state index contributed by atoms with van der Waals surface area (Å²) in [6, 6.07) is 15.6. The fourth-order valence-corrected chi connectivity index (χ4v) is 2.46. The Hall–Kier alpha value is -2.95. The third kappa shape index (κ3) is 3.51. The van der Waals surface area contributed by atoms with E-state index in [0.29, 0.717) is 17.5 Å². The number of nitrogens with one attached hydrogen (secondary N) is 1. The van der Waals surface area contributed by atoms with Gasteiger partial charge in [0.05, 0.1) is 11.4 Å². The highest BCUT2D eigenvalue weighted by Crippen LogP contribution is 2.25. The standard InChI is InChI=1S/C19H23N5/c1-13-10-11-16(18(20)15-8-6-5-7-9-15)17(12-13)24(14(2)22-3)19(21)23-4/h5-12,20H,1-4H3,(H2,21,23). The summed E-state index contributed by atoms with van der Waals surface area (Å²) in [5, 5.41) is 8.62. The summed E-state index contributed by atoms with van der Waals surface area (Å²) in [6.07, 6.45) is 0. The smallest absolute Gasteiger partial charge is 0.201 e. The summed E-state index contributed by atoms with van der Waals surface area (Å²) >= 11 is 0. The van der Waals surface area contributed by atoms with Gasteiger partial charge >= 0.3 is 0 Å². The Morgan fingerprint density at radius 3 is 2.29 bits per heavy atom. The van der Waals surface area contributed by atoms with Crippen LogP contribution in [0.4, 0.5) is 5.69 Å². The molecule has 0 saturated carbocycles. The molecule has 0 spiro atoms. The van der Waals surface area contributed by atoms with E-state index in [4.69, 9.17) is 11.1 Å². The van der Waals surface area contributed by atoms with E-state index in [1.54, 1.807) is 19.0 Å². The first kappa shape index (κ1) is 17.4. The predicted molar refractivity (Wildman–Crippen MR) is 103 cm³/mol. The largest absolute Gasteiger partial charge is 0.369 e. The Bertz CT molecular complexity index is 773. The maximum absolute atomic E-state index is 8.62. The summed E-state index contributed by atoms with van der Waals surface area (Å²) in [4.78, 5) is 10.1. The van der Waals surface area contributed by atoms with Crippen LogP contribution >= 0.6 is 0 Å². The monoisotopic (exact) mass is 321 g/mol. The van der Waals surface area contributed by atoms with Crippen molar-refractivity contribution in [2.45, 2.75) is 13.8 Å². The fraction of sp³-hybridized carbons (Fsp3) is 0.211. The average Bonchev–Trinajstić information content (AvgIpc) is 2.61. The molecule has 0 saturated heterocycles. The lowest BCUT2D eigenvalue weighted by molar-refractivity contribution is 1.24. The molecule has 2 aromatic carbocycles. The van der Waals surface area contributed by atoms with Crippen molar-refractivity contribution in [3.63, 3.8) is 0 Å². The molecule has 2 aromatic rings. The van der Waals surface area contributed by atoms with Gasteiger partial charge in [-0.1, -0.05) is 42.5 Å². The number of nitrogens with two attached hydrogens (primary N) is 1. The minimum Gasteiger partial charge on any atom is -0.369 e. The molecule has 0 aliphatic carbocycles. The highest BCUT2D eigenvalue weighted by molar-refractivity contribution is 6.22. The van der Waals surface area contributed by atoms with Crippen LogP contribution in [0.2, 0.25) is 0 Å². The first-order valence-corrected chi connectivity index (χ1v) is 7.70. The fourth-order valence-electron chi connectivity index (χ4n) is 2.46. The van der Waals surface area contributed by atoms with Crippen LogP contribution < -0.4 is 10.6 Å². The number of aliphatic imine (C=N–C) groups is 2. The lowest BCUT2D eigenvalue weighted by atomic mass is 9.98. The molecule has 5 heteroatoms. The lowest BCUT2D eigenvalue weighted by Crippen LogP contribution is -2.41. The Labute approximate surface area is 143 Å². The maximum atomic E-state index is 8.62. The van der Waals surface area contributed by atoms with Gasteiger partial charge in [-0.25, -0.2) is 0 Å². The zero-order valence-electron chi connectivity index (χ0n) is 14.5. The van der Waals surface area contributed by atoms with E-state index in [-0.39, 0.29) is 0 Å². The number of hydrogen-bond acceptors (Lipinski definition) is 3. The SMILES string of the molecule is CN=C(C)N(C(N)=NC)c1cc(C)ccc1C(=N)c1ccccc1. The van der Waals surface area contributed by atoms with Crippen LogP contribution in [-0.4, -0.2) is 31.6 Å². The quantitative estimate of drug-likeness (QED) is 0.672. The second-order valence-electron chi connectivity index (χ2n) is 5.45. The van der Waals surface area contributed by atoms with Crippen LogP contribution in [0.1, 0.15) is 23.6 Å². The molecule has 124 valence electrons. The number of benzene rings is 2. The molecule has 5 nitrogen and oxygen atoms in total. The molecular weight excluding hydrogens is 298 g/mol. The molecule has 0 radical (unpaired) electrons. The minimum atomic E-state index is 0.339. The number of rotatable bonds is 3. The summed E-state index contributed by atoms with van der Waals surface area (Å²) in [7, 11) is 3.35. The number of anilines is 1. The molecule has 0 unspecified atom stereocenters. The molecule has 0 amide bonds. The summed E-state index contributed by atoms with van der Waals surface area (Å²) < 4.78 is 0. The van der Waals surface area contributed by atoms with Gasteiger partial charge in [-0.05, 0) is 25.5 Å². The lowest BCUT2D eigenvalue weighted by Gasteiger charge is -2.26. The average molecular weight is 321 g/mol. The van der Waals surface area contributed by atoms with Crippen molar-refractivity contribution in [2.24, 2.45) is 15.7 Å². The third-order valence-corrected chi connectivity index (χ3v) is 3.83. The van der Waals surface area contributed by atoms with E-state index < -0.39 is 0 Å². The highest BCUT2D eigenvalue weighted by atomic mass is 15.3. The van der Waals surface area contributed by atoms with Gasteiger partial charge in [0.15, 0.2) is 0 Å². The first-order chi connectivity index (χ1) is 11.5. The first-order valence-electron chi connectivity index (χ1n) is 7.70. The number of aryl methyl sites for hydroxylation is 1. The van der Waals surface area contributed by atoms with Gasteiger partial charge in [0.2, 0.25) is 5.96 Å². The summed E-state index contributed by atoms with van der Waals surface area (Å²) in [5.74, 6) is 1.05. The zero-order chi connectivity index (χ0) is 17.7. The zero-order valence-corrected chi connectivity index (χ0v) is 14.5. The van der Waals surface area contributed by atoms with E-state index >= 15 is 0 Å². The molecule has 24 heavy (non-hydrogen) atoms. The van der Waals surface area contributed by atoms with Crippen molar-refractivity contribution in [1.82, 2.24) is 0 Å². The number of guanidine groups is 1. The Morgan fingerprint density at radius 1 is 1.04 bits per heavy atom. The predicted octanol–water partition coefficient (Wildman–Crippen LogP) is 3.21. The van der Waals surface area contributed by atoms with Crippen LogP contribution in [0.25, 0.3) is 0 Å². The van der Waals surface area contributed by atoms with Crippen LogP contribution in [-0.2, 0) is 0 Å². The Balaban J connectivity index is 2.65. The van der Waals surface area contributed by atoms with Crippen molar-refractivity contribution >= 4 is 23.2 Å². The van der Waals surface area contributed by atoms with E-state index in [2.05, 4.69) is 9.98 Å². The Morgan fingerprint density at radius 2 is 1.71 bits per heavy atom. The molecule has 3 N–H and O–H groups in total. The van der Waals surface area contributed by atoms with Gasteiger partial charge in [-0.15, -0.1) is 0 Å².